The molecular formula is C22H22ClN5O4. The molecule has 1 aliphatic rings. The molecule has 1 N–H and O–H groups in total. The Morgan fingerprint density at radius 3 is 2.72 bits per heavy atom. The average molecular weight is 456 g/mol. The number of carbonyl (C=O) groups excluding carboxylic acids is 1. The monoisotopic (exact) mass is 455 g/mol. The molecule has 3 heterocycles. The highest BCUT2D eigenvalue weighted by atomic mass is 35.5. The lowest BCUT2D eigenvalue weighted by molar-refractivity contribution is -0.127. The first kappa shape index (κ1) is 21.7. The minimum atomic E-state index is 0.150. The van der Waals surface area contributed by atoms with E-state index in [1.807, 2.05) is 4.90 Å². The molecule has 0 atom stereocenters. The Hall–Kier alpha value is -3.51. The predicted octanol–water partition coefficient (Wildman–Crippen LogP) is 3.56. The Bertz CT molecular complexity index is 1200. The van der Waals surface area contributed by atoms with E-state index in [1.54, 1.807) is 18.3 Å². The summed E-state index contributed by atoms with van der Waals surface area (Å²) in [5, 5.41) is 10.5. The number of amides is 1. The number of nitriles is 1. The predicted molar refractivity (Wildman–Crippen MR) is 118 cm³/mol. The molecule has 1 amide bonds. The Morgan fingerprint density at radius 1 is 1.25 bits per heavy atom. The molecular weight excluding hydrogens is 434 g/mol. The minimum absolute atomic E-state index is 0.150. The van der Waals surface area contributed by atoms with E-state index in [0.717, 1.165) is 13.0 Å². The highest BCUT2D eigenvalue weighted by Gasteiger charge is 2.21. The standard InChI is InChI=1S/C22H22ClN5O4/c1-30-16-9-14(15(23)10-17(16)31-2)20-19-13(11-24)12-25-21(19)27-22(26-20)32-8-4-7-28-6-3-5-18(28)29/h9-10,12H,3-8H2,1-2H3,(H,25,26,27). The first-order valence-corrected chi connectivity index (χ1v) is 10.5. The first-order valence-electron chi connectivity index (χ1n) is 10.2. The molecule has 0 saturated carbocycles. The van der Waals surface area contributed by atoms with Gasteiger partial charge in [-0.2, -0.15) is 15.2 Å². The third-order valence-corrected chi connectivity index (χ3v) is 5.65. The van der Waals surface area contributed by atoms with Crippen LogP contribution in [0.25, 0.3) is 22.3 Å². The number of rotatable bonds is 8. The Labute approximate surface area is 189 Å². The third-order valence-electron chi connectivity index (χ3n) is 5.33. The van der Waals surface area contributed by atoms with Gasteiger partial charge >= 0.3 is 6.01 Å². The zero-order valence-electron chi connectivity index (χ0n) is 17.8. The van der Waals surface area contributed by atoms with Crippen molar-refractivity contribution in [2.75, 3.05) is 33.9 Å². The number of aromatic nitrogens is 3. The first-order chi connectivity index (χ1) is 15.5. The maximum Gasteiger partial charge on any atom is 0.318 e. The number of aromatic amines is 1. The highest BCUT2D eigenvalue weighted by Crippen LogP contribution is 2.40. The number of nitrogens with one attached hydrogen (secondary N) is 1. The van der Waals surface area contributed by atoms with Gasteiger partial charge in [-0.05, 0) is 18.9 Å². The number of hydrogen-bond acceptors (Lipinski definition) is 7. The number of carbonyl (C=O) groups is 1. The molecule has 2 aromatic heterocycles. The zero-order chi connectivity index (χ0) is 22.7. The van der Waals surface area contributed by atoms with Crippen molar-refractivity contribution < 1.29 is 19.0 Å². The molecule has 3 aromatic rings. The van der Waals surface area contributed by atoms with Crippen LogP contribution in [0.4, 0.5) is 0 Å². The van der Waals surface area contributed by atoms with Gasteiger partial charge in [0, 0.05) is 37.3 Å². The summed E-state index contributed by atoms with van der Waals surface area (Å²) < 4.78 is 16.5. The SMILES string of the molecule is COc1cc(Cl)c(-c2nc(OCCCN3CCCC3=O)nc3[nH]cc(C#N)c23)cc1OC. The zero-order valence-corrected chi connectivity index (χ0v) is 18.5. The van der Waals surface area contributed by atoms with E-state index in [2.05, 4.69) is 21.0 Å². The minimum Gasteiger partial charge on any atom is -0.493 e. The van der Waals surface area contributed by atoms with Crippen LogP contribution in [0.1, 0.15) is 24.8 Å². The molecule has 0 unspecified atom stereocenters. The summed E-state index contributed by atoms with van der Waals surface area (Å²) in [6, 6.07) is 5.64. The molecule has 32 heavy (non-hydrogen) atoms. The van der Waals surface area contributed by atoms with Gasteiger partial charge in [-0.15, -0.1) is 0 Å². The second-order valence-electron chi connectivity index (χ2n) is 7.27. The van der Waals surface area contributed by atoms with Crippen LogP contribution in [0.2, 0.25) is 5.02 Å². The summed E-state index contributed by atoms with van der Waals surface area (Å²) in [5.74, 6) is 1.14. The number of hydrogen-bond donors (Lipinski definition) is 1. The lowest BCUT2D eigenvalue weighted by atomic mass is 10.1. The third kappa shape index (κ3) is 4.14. The van der Waals surface area contributed by atoms with Crippen molar-refractivity contribution in [1.82, 2.24) is 19.9 Å². The number of methoxy groups -OCH3 is 2. The van der Waals surface area contributed by atoms with Crippen LogP contribution < -0.4 is 14.2 Å². The van der Waals surface area contributed by atoms with E-state index < -0.39 is 0 Å². The summed E-state index contributed by atoms with van der Waals surface area (Å²) in [5.41, 5.74) is 1.85. The van der Waals surface area contributed by atoms with Gasteiger partial charge in [0.2, 0.25) is 5.91 Å². The van der Waals surface area contributed by atoms with Gasteiger partial charge in [-0.25, -0.2) is 0 Å². The molecule has 9 nitrogen and oxygen atoms in total. The van der Waals surface area contributed by atoms with Gasteiger partial charge in [0.15, 0.2) is 11.5 Å². The van der Waals surface area contributed by atoms with Gasteiger partial charge in [0.1, 0.15) is 11.7 Å². The second-order valence-corrected chi connectivity index (χ2v) is 7.67. The summed E-state index contributed by atoms with van der Waals surface area (Å²) in [6.07, 6.45) is 3.75. The van der Waals surface area contributed by atoms with E-state index in [0.29, 0.717) is 70.4 Å². The van der Waals surface area contributed by atoms with Crippen molar-refractivity contribution in [2.45, 2.75) is 19.3 Å². The normalized spacial score (nSPS) is 13.4. The quantitative estimate of drug-likeness (QED) is 0.516. The van der Waals surface area contributed by atoms with Gasteiger partial charge in [-0.3, -0.25) is 4.79 Å². The molecule has 1 aromatic carbocycles. The fourth-order valence-electron chi connectivity index (χ4n) is 3.76. The molecule has 0 aliphatic carbocycles. The van der Waals surface area contributed by atoms with Crippen LogP contribution in [-0.2, 0) is 4.79 Å². The number of halogens is 1. The second kappa shape index (κ2) is 9.32. The lowest BCUT2D eigenvalue weighted by Crippen LogP contribution is -2.26. The number of benzene rings is 1. The molecule has 0 spiro atoms. The van der Waals surface area contributed by atoms with Crippen molar-refractivity contribution in [2.24, 2.45) is 0 Å². The van der Waals surface area contributed by atoms with Crippen LogP contribution in [0.15, 0.2) is 18.3 Å². The number of fused-ring (bicyclic) bond motifs is 1. The Kier molecular flexibility index (Phi) is 6.32. The molecule has 4 rings (SSSR count). The van der Waals surface area contributed by atoms with Gasteiger partial charge in [-0.1, -0.05) is 11.6 Å². The molecule has 10 heteroatoms. The fraction of sp³-hybridized carbons (Fsp3) is 0.364. The maximum atomic E-state index is 11.7. The van der Waals surface area contributed by atoms with E-state index in [-0.39, 0.29) is 11.9 Å². The number of H-pyrrole nitrogens is 1. The summed E-state index contributed by atoms with van der Waals surface area (Å²) in [7, 11) is 3.06. The summed E-state index contributed by atoms with van der Waals surface area (Å²) in [6.45, 7) is 1.78. The van der Waals surface area contributed by atoms with Crippen LogP contribution >= 0.6 is 11.6 Å². The Morgan fingerprint density at radius 2 is 2.03 bits per heavy atom. The summed E-state index contributed by atoms with van der Waals surface area (Å²) in [4.78, 5) is 25.5. The number of likely N-dealkylation sites (tertiary alicyclic amines) is 1. The number of nitrogens with zero attached hydrogens (tertiary/aromatic N) is 4. The van der Waals surface area contributed by atoms with Crippen molar-refractivity contribution in [3.8, 4) is 34.8 Å². The van der Waals surface area contributed by atoms with Crippen molar-refractivity contribution in [3.63, 3.8) is 0 Å². The molecule has 1 fully saturated rings. The molecule has 0 radical (unpaired) electrons. The van der Waals surface area contributed by atoms with E-state index in [9.17, 15) is 10.1 Å². The van der Waals surface area contributed by atoms with Gasteiger partial charge in [0.05, 0.1) is 42.5 Å². The smallest absolute Gasteiger partial charge is 0.318 e. The van der Waals surface area contributed by atoms with E-state index >= 15 is 0 Å². The molecule has 0 bridgehead atoms. The largest absolute Gasteiger partial charge is 0.493 e. The van der Waals surface area contributed by atoms with Crippen LogP contribution in [-0.4, -0.2) is 59.7 Å². The highest BCUT2D eigenvalue weighted by molar-refractivity contribution is 6.34. The van der Waals surface area contributed by atoms with Gasteiger partial charge in [0.25, 0.3) is 0 Å². The van der Waals surface area contributed by atoms with Crippen LogP contribution in [0.3, 0.4) is 0 Å². The van der Waals surface area contributed by atoms with Crippen LogP contribution in [0, 0.1) is 11.3 Å². The lowest BCUT2D eigenvalue weighted by Gasteiger charge is -2.15. The van der Waals surface area contributed by atoms with E-state index in [1.165, 1.54) is 14.2 Å². The summed E-state index contributed by atoms with van der Waals surface area (Å²) >= 11 is 6.53. The average Bonchev–Trinajstić information content (AvgIpc) is 3.41. The van der Waals surface area contributed by atoms with E-state index in [4.69, 9.17) is 25.8 Å². The van der Waals surface area contributed by atoms with Gasteiger partial charge < -0.3 is 24.1 Å². The van der Waals surface area contributed by atoms with Crippen molar-refractivity contribution in [3.05, 3.63) is 28.9 Å². The Balaban J connectivity index is 1.66. The molecule has 1 aliphatic heterocycles. The molecule has 1 saturated heterocycles. The maximum absolute atomic E-state index is 11.7. The topological polar surface area (TPSA) is 113 Å². The van der Waals surface area contributed by atoms with Crippen molar-refractivity contribution in [1.29, 1.82) is 5.26 Å². The number of ether oxygens (including phenoxy) is 3. The van der Waals surface area contributed by atoms with Crippen LogP contribution in [0.5, 0.6) is 17.5 Å². The van der Waals surface area contributed by atoms with Crippen molar-refractivity contribution >= 4 is 28.5 Å². The molecule has 166 valence electrons. The fourth-order valence-corrected chi connectivity index (χ4v) is 4.00.